The lowest BCUT2D eigenvalue weighted by atomic mass is 9.65. The van der Waals surface area contributed by atoms with Crippen LogP contribution in [0.1, 0.15) is 63.8 Å². The summed E-state index contributed by atoms with van der Waals surface area (Å²) in [6, 6.07) is 4.73. The Kier molecular flexibility index (Phi) is 5.33. The normalized spacial score (nSPS) is 24.3. The summed E-state index contributed by atoms with van der Waals surface area (Å²) < 4.78 is 0.909. The lowest BCUT2D eigenvalue weighted by Gasteiger charge is -2.43. The molecule has 0 aromatic carbocycles. The van der Waals surface area contributed by atoms with Crippen LogP contribution in [0.15, 0.2) is 12.1 Å². The zero-order chi connectivity index (χ0) is 13.9. The van der Waals surface area contributed by atoms with Gasteiger partial charge in [-0.1, -0.05) is 45.2 Å². The van der Waals surface area contributed by atoms with Gasteiger partial charge in [-0.15, -0.1) is 11.3 Å². The van der Waals surface area contributed by atoms with Gasteiger partial charge in [0, 0.05) is 10.9 Å². The largest absolute Gasteiger partial charge is 0.309 e. The maximum atomic E-state index is 6.14. The fourth-order valence-electron chi connectivity index (χ4n) is 3.38. The van der Waals surface area contributed by atoms with Gasteiger partial charge in [0.15, 0.2) is 0 Å². The predicted molar refractivity (Wildman–Crippen MR) is 86.1 cm³/mol. The van der Waals surface area contributed by atoms with Crippen molar-refractivity contribution in [2.45, 2.75) is 58.9 Å². The first-order valence-corrected chi connectivity index (χ1v) is 8.72. The molecule has 0 radical (unpaired) electrons. The molecule has 0 amide bonds. The van der Waals surface area contributed by atoms with Gasteiger partial charge in [0.05, 0.1) is 4.34 Å². The third-order valence-electron chi connectivity index (χ3n) is 4.51. The van der Waals surface area contributed by atoms with E-state index in [4.69, 9.17) is 11.6 Å². The van der Waals surface area contributed by atoms with Gasteiger partial charge in [-0.05, 0) is 49.3 Å². The molecule has 3 heteroatoms. The van der Waals surface area contributed by atoms with Gasteiger partial charge in [0.25, 0.3) is 0 Å². The average molecular weight is 300 g/mol. The lowest BCUT2D eigenvalue weighted by molar-refractivity contribution is 0.0994. The van der Waals surface area contributed by atoms with Crippen molar-refractivity contribution in [3.63, 3.8) is 0 Å². The highest BCUT2D eigenvalue weighted by atomic mass is 35.5. The highest BCUT2D eigenvalue weighted by Crippen LogP contribution is 2.48. The van der Waals surface area contributed by atoms with Crippen LogP contribution in [-0.2, 0) is 0 Å². The van der Waals surface area contributed by atoms with E-state index in [0.717, 1.165) is 16.8 Å². The third-order valence-corrected chi connectivity index (χ3v) is 5.82. The van der Waals surface area contributed by atoms with Crippen molar-refractivity contribution < 1.29 is 0 Å². The molecule has 1 saturated carbocycles. The van der Waals surface area contributed by atoms with Crippen LogP contribution in [0.25, 0.3) is 0 Å². The van der Waals surface area contributed by atoms with E-state index in [-0.39, 0.29) is 0 Å². The van der Waals surface area contributed by atoms with Gasteiger partial charge < -0.3 is 5.32 Å². The molecule has 1 aliphatic rings. The van der Waals surface area contributed by atoms with Crippen molar-refractivity contribution in [2.24, 2.45) is 11.3 Å². The third kappa shape index (κ3) is 3.74. The molecule has 19 heavy (non-hydrogen) atoms. The van der Waals surface area contributed by atoms with Crippen LogP contribution in [0.5, 0.6) is 0 Å². The second-order valence-corrected chi connectivity index (χ2v) is 8.16. The quantitative estimate of drug-likeness (QED) is 0.740. The van der Waals surface area contributed by atoms with E-state index in [1.54, 1.807) is 11.3 Å². The minimum atomic E-state index is 0.431. The van der Waals surface area contributed by atoms with Crippen LogP contribution in [-0.4, -0.2) is 6.54 Å². The highest BCUT2D eigenvalue weighted by molar-refractivity contribution is 7.16. The molecule has 0 saturated heterocycles. The predicted octanol–water partition coefficient (Wildman–Crippen LogP) is 5.66. The molecule has 1 heterocycles. The molecule has 0 spiro atoms. The summed E-state index contributed by atoms with van der Waals surface area (Å²) in [7, 11) is 0. The molecule has 2 atom stereocenters. The van der Waals surface area contributed by atoms with Gasteiger partial charge >= 0.3 is 0 Å². The smallest absolute Gasteiger partial charge is 0.0931 e. The Morgan fingerprint density at radius 2 is 2.21 bits per heavy atom. The molecule has 108 valence electrons. The maximum absolute atomic E-state index is 6.14. The summed E-state index contributed by atoms with van der Waals surface area (Å²) in [5, 5.41) is 3.78. The Balaban J connectivity index is 2.21. The minimum absolute atomic E-state index is 0.431. The standard InChI is InChI=1S/C16H26ClNS/c1-4-11-18-15(13-8-9-14(17)19-13)12-7-5-6-10-16(12,2)3/h8-9,12,15,18H,4-7,10-11H2,1-3H3. The second-order valence-electron chi connectivity index (χ2n) is 6.41. The summed E-state index contributed by atoms with van der Waals surface area (Å²) in [6.45, 7) is 8.20. The number of halogens is 1. The van der Waals surface area contributed by atoms with Crippen LogP contribution in [0.2, 0.25) is 4.34 Å². The topological polar surface area (TPSA) is 12.0 Å². The van der Waals surface area contributed by atoms with Crippen LogP contribution in [0.4, 0.5) is 0 Å². The van der Waals surface area contributed by atoms with Crippen LogP contribution in [0.3, 0.4) is 0 Å². The van der Waals surface area contributed by atoms with E-state index in [0.29, 0.717) is 11.5 Å². The molecule has 1 fully saturated rings. The Hall–Kier alpha value is -0.0500. The first-order valence-electron chi connectivity index (χ1n) is 7.53. The maximum Gasteiger partial charge on any atom is 0.0931 e. The number of hydrogen-bond acceptors (Lipinski definition) is 2. The Morgan fingerprint density at radius 3 is 2.79 bits per heavy atom. The summed E-state index contributed by atoms with van der Waals surface area (Å²) in [6.07, 6.45) is 6.63. The van der Waals surface area contributed by atoms with Gasteiger partial charge in [-0.25, -0.2) is 0 Å². The molecule has 1 aliphatic carbocycles. The number of hydrogen-bond donors (Lipinski definition) is 1. The first kappa shape index (κ1) is 15.3. The Bertz CT molecular complexity index is 399. The highest BCUT2D eigenvalue weighted by Gasteiger charge is 2.38. The van der Waals surface area contributed by atoms with Crippen molar-refractivity contribution in [3.05, 3.63) is 21.3 Å². The summed E-state index contributed by atoms with van der Waals surface area (Å²) >= 11 is 7.88. The summed E-state index contributed by atoms with van der Waals surface area (Å²) in [5.41, 5.74) is 0.431. The van der Waals surface area contributed by atoms with E-state index in [2.05, 4.69) is 32.2 Å². The number of rotatable bonds is 5. The van der Waals surface area contributed by atoms with Gasteiger partial charge in [0.1, 0.15) is 0 Å². The number of nitrogens with one attached hydrogen (secondary N) is 1. The van der Waals surface area contributed by atoms with E-state index in [1.807, 2.05) is 6.07 Å². The average Bonchev–Trinajstić information content (AvgIpc) is 2.78. The van der Waals surface area contributed by atoms with Crippen molar-refractivity contribution in [1.29, 1.82) is 0 Å². The zero-order valence-corrected chi connectivity index (χ0v) is 13.9. The SMILES string of the molecule is CCCNC(c1ccc(Cl)s1)C1CCCCC1(C)C. The molecule has 1 aromatic heterocycles. The van der Waals surface area contributed by atoms with E-state index >= 15 is 0 Å². The summed E-state index contributed by atoms with van der Waals surface area (Å²) in [5.74, 6) is 0.725. The molecular weight excluding hydrogens is 274 g/mol. The first-order chi connectivity index (χ1) is 9.04. The molecule has 0 bridgehead atoms. The van der Waals surface area contributed by atoms with Gasteiger partial charge in [-0.3, -0.25) is 0 Å². The second kappa shape index (κ2) is 6.60. The van der Waals surface area contributed by atoms with Crippen LogP contribution >= 0.6 is 22.9 Å². The van der Waals surface area contributed by atoms with Crippen molar-refractivity contribution in [3.8, 4) is 0 Å². The van der Waals surface area contributed by atoms with Gasteiger partial charge in [0.2, 0.25) is 0 Å². The van der Waals surface area contributed by atoms with E-state index in [9.17, 15) is 0 Å². The molecule has 1 aromatic rings. The van der Waals surface area contributed by atoms with Crippen molar-refractivity contribution in [2.75, 3.05) is 6.54 Å². The molecule has 1 nitrogen and oxygen atoms in total. The van der Waals surface area contributed by atoms with Crippen molar-refractivity contribution >= 4 is 22.9 Å². The number of thiophene rings is 1. The fourth-order valence-corrected chi connectivity index (χ4v) is 4.58. The van der Waals surface area contributed by atoms with Gasteiger partial charge in [-0.2, -0.15) is 0 Å². The van der Waals surface area contributed by atoms with Crippen LogP contribution < -0.4 is 5.32 Å². The Labute approximate surface area is 126 Å². The molecule has 2 rings (SSSR count). The zero-order valence-electron chi connectivity index (χ0n) is 12.3. The summed E-state index contributed by atoms with van der Waals surface area (Å²) in [4.78, 5) is 1.42. The lowest BCUT2D eigenvalue weighted by Crippen LogP contribution is -2.39. The molecule has 2 unspecified atom stereocenters. The van der Waals surface area contributed by atoms with Crippen LogP contribution in [0, 0.1) is 11.3 Å². The molecule has 1 N–H and O–H groups in total. The molecular formula is C16H26ClNS. The van der Waals surface area contributed by atoms with Crippen molar-refractivity contribution in [1.82, 2.24) is 5.32 Å². The fraction of sp³-hybridized carbons (Fsp3) is 0.750. The van der Waals surface area contributed by atoms with E-state index in [1.165, 1.54) is 37.0 Å². The molecule has 0 aliphatic heterocycles. The van der Waals surface area contributed by atoms with E-state index < -0.39 is 0 Å². The minimum Gasteiger partial charge on any atom is -0.309 e. The monoisotopic (exact) mass is 299 g/mol. The Morgan fingerprint density at radius 1 is 1.42 bits per heavy atom.